The van der Waals surface area contributed by atoms with Crippen LogP contribution in [0.1, 0.15) is 11.3 Å². The molecule has 19 heavy (non-hydrogen) atoms. The van der Waals surface area contributed by atoms with Gasteiger partial charge in [0.05, 0.1) is 4.90 Å². The normalized spacial score (nSPS) is 11.6. The van der Waals surface area contributed by atoms with Crippen molar-refractivity contribution in [2.45, 2.75) is 17.0 Å². The van der Waals surface area contributed by atoms with E-state index in [1.807, 2.05) is 6.92 Å². The number of nitrogens with two attached hydrogens (primary N) is 1. The Morgan fingerprint density at radius 3 is 2.84 bits per heavy atom. The van der Waals surface area contributed by atoms with Crippen LogP contribution in [-0.2, 0) is 0 Å². The van der Waals surface area contributed by atoms with Gasteiger partial charge in [0.2, 0.25) is 0 Å². The third-order valence-electron chi connectivity index (χ3n) is 2.31. The Bertz CT molecular complexity index is 633. The van der Waals surface area contributed by atoms with E-state index in [2.05, 4.69) is 15.1 Å². The van der Waals surface area contributed by atoms with Gasteiger partial charge in [-0.25, -0.2) is 14.4 Å². The van der Waals surface area contributed by atoms with Crippen LogP contribution in [0.15, 0.2) is 45.7 Å². The molecule has 0 saturated carbocycles. The second kappa shape index (κ2) is 5.66. The maximum absolute atomic E-state index is 13.9. The van der Waals surface area contributed by atoms with E-state index in [4.69, 9.17) is 10.9 Å². The first-order chi connectivity index (χ1) is 9.10. The summed E-state index contributed by atoms with van der Waals surface area (Å²) in [5.41, 5.74) is 6.51. The molecule has 3 N–H and O–H groups in total. The van der Waals surface area contributed by atoms with Crippen LogP contribution in [0, 0.1) is 12.7 Å². The van der Waals surface area contributed by atoms with Gasteiger partial charge in [-0.05, 0) is 43.0 Å². The van der Waals surface area contributed by atoms with Gasteiger partial charge in [0.15, 0.2) is 11.0 Å². The Hall–Kier alpha value is -2.15. The molecule has 1 aromatic carbocycles. The zero-order valence-electron chi connectivity index (χ0n) is 10.0. The van der Waals surface area contributed by atoms with Gasteiger partial charge in [-0.3, -0.25) is 0 Å². The molecule has 0 spiro atoms. The predicted molar refractivity (Wildman–Crippen MR) is 69.8 cm³/mol. The highest BCUT2D eigenvalue weighted by Crippen LogP contribution is 2.27. The summed E-state index contributed by atoms with van der Waals surface area (Å²) in [7, 11) is 0. The third-order valence-corrected chi connectivity index (χ3v) is 3.24. The largest absolute Gasteiger partial charge is 0.409 e. The lowest BCUT2D eigenvalue weighted by atomic mass is 10.2. The Morgan fingerprint density at radius 2 is 2.21 bits per heavy atom. The third kappa shape index (κ3) is 3.19. The van der Waals surface area contributed by atoms with Crippen molar-refractivity contribution in [3.63, 3.8) is 0 Å². The van der Waals surface area contributed by atoms with Crippen LogP contribution in [0.2, 0.25) is 0 Å². The second-order valence-corrected chi connectivity index (χ2v) is 4.72. The number of aryl methyl sites for hydroxylation is 1. The molecule has 0 aliphatic carbocycles. The number of halogens is 1. The van der Waals surface area contributed by atoms with Gasteiger partial charge >= 0.3 is 0 Å². The van der Waals surface area contributed by atoms with Crippen LogP contribution in [0.5, 0.6) is 0 Å². The average Bonchev–Trinajstić information content (AvgIpc) is 2.40. The number of aromatic nitrogens is 2. The van der Waals surface area contributed by atoms with Crippen molar-refractivity contribution in [1.29, 1.82) is 0 Å². The first kappa shape index (κ1) is 13.3. The molecule has 5 nitrogen and oxygen atoms in total. The summed E-state index contributed by atoms with van der Waals surface area (Å²) in [6, 6.07) is 6.07. The molecule has 0 radical (unpaired) electrons. The van der Waals surface area contributed by atoms with E-state index in [9.17, 15) is 4.39 Å². The number of hydrogen-bond donors (Lipinski definition) is 2. The van der Waals surface area contributed by atoms with E-state index in [1.54, 1.807) is 24.4 Å². The van der Waals surface area contributed by atoms with E-state index < -0.39 is 5.82 Å². The van der Waals surface area contributed by atoms with Crippen molar-refractivity contribution < 1.29 is 9.60 Å². The van der Waals surface area contributed by atoms with E-state index >= 15 is 0 Å². The van der Waals surface area contributed by atoms with E-state index in [1.165, 1.54) is 6.07 Å². The number of hydrogen-bond acceptors (Lipinski definition) is 5. The number of nitrogens with zero attached hydrogens (tertiary/aromatic N) is 3. The Balaban J connectivity index is 2.27. The predicted octanol–water partition coefficient (Wildman–Crippen LogP) is 2.17. The molecule has 0 bridgehead atoms. The summed E-state index contributed by atoms with van der Waals surface area (Å²) in [6.45, 7) is 1.84. The average molecular weight is 278 g/mol. The van der Waals surface area contributed by atoms with E-state index in [-0.39, 0.29) is 5.84 Å². The summed E-state index contributed by atoms with van der Waals surface area (Å²) in [4.78, 5) is 8.60. The van der Waals surface area contributed by atoms with Crippen molar-refractivity contribution in [3.8, 4) is 0 Å². The minimum absolute atomic E-state index is 0.137. The van der Waals surface area contributed by atoms with Crippen LogP contribution in [0.4, 0.5) is 4.39 Å². The maximum atomic E-state index is 13.9. The molecule has 0 unspecified atom stereocenters. The maximum Gasteiger partial charge on any atom is 0.192 e. The molecule has 98 valence electrons. The zero-order chi connectivity index (χ0) is 13.8. The van der Waals surface area contributed by atoms with Gasteiger partial charge in [-0.2, -0.15) is 0 Å². The summed E-state index contributed by atoms with van der Waals surface area (Å²) in [5, 5.41) is 11.8. The number of rotatable bonds is 3. The molecular weight excluding hydrogens is 267 g/mol. The van der Waals surface area contributed by atoms with Crippen molar-refractivity contribution in [2.75, 3.05) is 0 Å². The summed E-state index contributed by atoms with van der Waals surface area (Å²) < 4.78 is 13.9. The summed E-state index contributed by atoms with van der Waals surface area (Å²) in [5.74, 6) is -0.610. The van der Waals surface area contributed by atoms with Crippen LogP contribution >= 0.6 is 11.8 Å². The van der Waals surface area contributed by atoms with Crippen LogP contribution in [0.25, 0.3) is 0 Å². The summed E-state index contributed by atoms with van der Waals surface area (Å²) in [6.07, 6.45) is 1.62. The Labute approximate surface area is 113 Å². The minimum Gasteiger partial charge on any atom is -0.409 e. The monoisotopic (exact) mass is 278 g/mol. The molecule has 0 fully saturated rings. The molecule has 1 aromatic heterocycles. The zero-order valence-corrected chi connectivity index (χ0v) is 10.9. The SMILES string of the molecule is Cc1ccnc(Sc2ccc(C(N)=NO)cc2F)n1. The van der Waals surface area contributed by atoms with Gasteiger partial charge in [0.1, 0.15) is 5.82 Å². The van der Waals surface area contributed by atoms with Crippen LogP contribution < -0.4 is 5.73 Å². The lowest BCUT2D eigenvalue weighted by molar-refractivity contribution is 0.318. The molecule has 2 aromatic rings. The van der Waals surface area contributed by atoms with Gasteiger partial charge in [0.25, 0.3) is 0 Å². The van der Waals surface area contributed by atoms with Gasteiger partial charge in [-0.1, -0.05) is 5.16 Å². The minimum atomic E-state index is -0.473. The molecule has 0 atom stereocenters. The van der Waals surface area contributed by atoms with Crippen molar-refractivity contribution in [2.24, 2.45) is 10.9 Å². The Morgan fingerprint density at radius 1 is 1.42 bits per heavy atom. The van der Waals surface area contributed by atoms with Gasteiger partial charge in [-0.15, -0.1) is 0 Å². The molecule has 7 heteroatoms. The van der Waals surface area contributed by atoms with Gasteiger partial charge < -0.3 is 10.9 Å². The number of oxime groups is 1. The lowest BCUT2D eigenvalue weighted by Gasteiger charge is -2.04. The fourth-order valence-electron chi connectivity index (χ4n) is 1.37. The topological polar surface area (TPSA) is 84.4 Å². The van der Waals surface area contributed by atoms with E-state index in [0.717, 1.165) is 17.5 Å². The van der Waals surface area contributed by atoms with Crippen molar-refractivity contribution in [1.82, 2.24) is 9.97 Å². The lowest BCUT2D eigenvalue weighted by Crippen LogP contribution is -2.13. The molecule has 1 heterocycles. The second-order valence-electron chi connectivity index (χ2n) is 3.71. The number of benzene rings is 1. The number of amidine groups is 1. The fraction of sp³-hybridized carbons (Fsp3) is 0.0833. The highest BCUT2D eigenvalue weighted by molar-refractivity contribution is 7.99. The first-order valence-electron chi connectivity index (χ1n) is 5.35. The summed E-state index contributed by atoms with van der Waals surface area (Å²) >= 11 is 1.12. The van der Waals surface area contributed by atoms with Crippen LogP contribution in [-0.4, -0.2) is 21.0 Å². The quantitative estimate of drug-likeness (QED) is 0.295. The molecule has 0 aliphatic heterocycles. The highest BCUT2D eigenvalue weighted by atomic mass is 32.2. The van der Waals surface area contributed by atoms with Crippen LogP contribution in [0.3, 0.4) is 0 Å². The standard InChI is InChI=1S/C12H11FN4OS/c1-7-4-5-15-12(16-7)19-10-3-2-8(6-9(10)13)11(14)17-18/h2-6,18H,1H3,(H2,14,17). The highest BCUT2D eigenvalue weighted by Gasteiger charge is 2.09. The molecule has 2 rings (SSSR count). The van der Waals surface area contributed by atoms with Crippen molar-refractivity contribution >= 4 is 17.6 Å². The Kier molecular flexibility index (Phi) is 3.96. The molecular formula is C12H11FN4OS. The molecule has 0 amide bonds. The molecule has 0 saturated heterocycles. The first-order valence-corrected chi connectivity index (χ1v) is 6.17. The smallest absolute Gasteiger partial charge is 0.192 e. The van der Waals surface area contributed by atoms with Crippen molar-refractivity contribution in [3.05, 3.63) is 47.5 Å². The fourth-order valence-corrected chi connectivity index (χ4v) is 2.17. The van der Waals surface area contributed by atoms with Gasteiger partial charge in [0, 0.05) is 17.5 Å². The molecule has 0 aliphatic rings. The van der Waals surface area contributed by atoms with E-state index in [0.29, 0.717) is 15.6 Å².